The van der Waals surface area contributed by atoms with E-state index in [1.165, 1.54) is 43.4 Å². The Labute approximate surface area is 139 Å². The summed E-state index contributed by atoms with van der Waals surface area (Å²) in [6.45, 7) is 1.69. The number of nitrogens with zero attached hydrogens (tertiary/aromatic N) is 1. The number of carbonyl (C=O) groups excluding carboxylic acids is 1. The number of amides is 1. The molecule has 1 aliphatic heterocycles. The van der Waals surface area contributed by atoms with E-state index in [4.69, 9.17) is 0 Å². The number of carbonyl (C=O) groups is 1. The van der Waals surface area contributed by atoms with Crippen molar-refractivity contribution in [3.8, 4) is 0 Å². The molecule has 0 bridgehead atoms. The van der Waals surface area contributed by atoms with E-state index in [9.17, 15) is 9.18 Å². The van der Waals surface area contributed by atoms with Crippen molar-refractivity contribution in [3.05, 3.63) is 35.6 Å². The van der Waals surface area contributed by atoms with Crippen LogP contribution in [0.4, 0.5) is 4.39 Å². The third-order valence-corrected chi connectivity index (χ3v) is 5.61. The van der Waals surface area contributed by atoms with Gasteiger partial charge in [-0.15, -0.1) is 0 Å². The van der Waals surface area contributed by atoms with Crippen LogP contribution in [0.1, 0.15) is 69.3 Å². The maximum atomic E-state index is 13.1. The minimum Gasteiger partial charge on any atom is -0.342 e. The Morgan fingerprint density at radius 2 is 1.74 bits per heavy atom. The second-order valence-electron chi connectivity index (χ2n) is 7.27. The fraction of sp³-hybridized carbons (Fsp3) is 0.650. The van der Waals surface area contributed by atoms with Crippen molar-refractivity contribution in [2.24, 2.45) is 5.92 Å². The Morgan fingerprint density at radius 1 is 1.04 bits per heavy atom. The molecule has 2 aliphatic rings. The van der Waals surface area contributed by atoms with Gasteiger partial charge in [0, 0.05) is 25.4 Å². The van der Waals surface area contributed by atoms with Gasteiger partial charge >= 0.3 is 0 Å². The zero-order valence-electron chi connectivity index (χ0n) is 14.0. The minimum atomic E-state index is -0.188. The molecule has 1 saturated carbocycles. The summed E-state index contributed by atoms with van der Waals surface area (Å²) in [5.74, 6) is 1.27. The Balaban J connectivity index is 1.57. The number of likely N-dealkylation sites (tertiary alicyclic amines) is 1. The van der Waals surface area contributed by atoms with Crippen molar-refractivity contribution >= 4 is 5.91 Å². The summed E-state index contributed by atoms with van der Waals surface area (Å²) in [5.41, 5.74) is 1.17. The molecule has 0 N–H and O–H groups in total. The van der Waals surface area contributed by atoms with Crippen LogP contribution in [0.15, 0.2) is 24.3 Å². The molecule has 1 unspecified atom stereocenters. The standard InChI is InChI=1S/C20H28FNO/c21-19-11-9-17(10-12-19)18-7-3-4-14-22(15-18)20(23)13-8-16-5-1-2-6-16/h9-12,16,18H,1-8,13-15H2. The lowest BCUT2D eigenvalue weighted by Gasteiger charge is -2.25. The van der Waals surface area contributed by atoms with E-state index < -0.39 is 0 Å². The van der Waals surface area contributed by atoms with Crippen molar-refractivity contribution in [3.63, 3.8) is 0 Å². The molecule has 0 aromatic heterocycles. The molecule has 1 aromatic rings. The molecule has 1 amide bonds. The summed E-state index contributed by atoms with van der Waals surface area (Å²) in [4.78, 5) is 14.7. The van der Waals surface area contributed by atoms with Crippen LogP contribution in [0, 0.1) is 11.7 Å². The molecular weight excluding hydrogens is 289 g/mol. The minimum absolute atomic E-state index is 0.188. The van der Waals surface area contributed by atoms with E-state index in [1.807, 2.05) is 12.1 Å². The van der Waals surface area contributed by atoms with E-state index in [-0.39, 0.29) is 5.82 Å². The quantitative estimate of drug-likeness (QED) is 0.774. The van der Waals surface area contributed by atoms with Crippen LogP contribution in [0.25, 0.3) is 0 Å². The van der Waals surface area contributed by atoms with Gasteiger partial charge in [0.15, 0.2) is 0 Å². The van der Waals surface area contributed by atoms with E-state index in [2.05, 4.69) is 4.90 Å². The maximum absolute atomic E-state index is 13.1. The van der Waals surface area contributed by atoms with Crippen LogP contribution in [0.2, 0.25) is 0 Å². The molecule has 0 radical (unpaired) electrons. The Kier molecular flexibility index (Phi) is 5.69. The highest BCUT2D eigenvalue weighted by Gasteiger charge is 2.24. The summed E-state index contributed by atoms with van der Waals surface area (Å²) in [6.07, 6.45) is 10.4. The van der Waals surface area contributed by atoms with Gasteiger partial charge in [0.25, 0.3) is 0 Å². The van der Waals surface area contributed by atoms with Gasteiger partial charge in [-0.1, -0.05) is 44.2 Å². The predicted molar refractivity (Wildman–Crippen MR) is 90.8 cm³/mol. The van der Waals surface area contributed by atoms with Crippen LogP contribution in [-0.2, 0) is 4.79 Å². The lowest BCUT2D eigenvalue weighted by molar-refractivity contribution is -0.131. The van der Waals surface area contributed by atoms with E-state index in [1.54, 1.807) is 0 Å². The van der Waals surface area contributed by atoms with Crippen molar-refractivity contribution in [2.75, 3.05) is 13.1 Å². The average Bonchev–Trinajstić information content (AvgIpc) is 2.96. The zero-order chi connectivity index (χ0) is 16.1. The van der Waals surface area contributed by atoms with Gasteiger partial charge in [0.05, 0.1) is 0 Å². The molecule has 3 heteroatoms. The Bertz CT molecular complexity index is 507. The molecule has 126 valence electrons. The first kappa shape index (κ1) is 16.5. The van der Waals surface area contributed by atoms with Gasteiger partial charge in [-0.2, -0.15) is 0 Å². The molecule has 1 aromatic carbocycles. The Morgan fingerprint density at radius 3 is 2.48 bits per heavy atom. The summed E-state index contributed by atoms with van der Waals surface area (Å²) >= 11 is 0. The highest BCUT2D eigenvalue weighted by molar-refractivity contribution is 5.76. The topological polar surface area (TPSA) is 20.3 Å². The molecule has 3 rings (SSSR count). The number of hydrogen-bond acceptors (Lipinski definition) is 1. The number of halogens is 1. The van der Waals surface area contributed by atoms with E-state index in [0.717, 1.165) is 44.7 Å². The SMILES string of the molecule is O=C(CCC1CCCC1)N1CCCCC(c2ccc(F)cc2)C1. The smallest absolute Gasteiger partial charge is 0.222 e. The average molecular weight is 317 g/mol. The van der Waals surface area contributed by atoms with Crippen molar-refractivity contribution in [2.45, 2.75) is 63.7 Å². The van der Waals surface area contributed by atoms with Crippen LogP contribution in [0.5, 0.6) is 0 Å². The fourth-order valence-electron chi connectivity index (χ4n) is 4.16. The first-order valence-electron chi connectivity index (χ1n) is 9.25. The number of hydrogen-bond donors (Lipinski definition) is 0. The van der Waals surface area contributed by atoms with E-state index in [0.29, 0.717) is 18.2 Å². The summed E-state index contributed by atoms with van der Waals surface area (Å²) in [5, 5.41) is 0. The lowest BCUT2D eigenvalue weighted by atomic mass is 9.94. The third kappa shape index (κ3) is 4.55. The first-order chi connectivity index (χ1) is 11.2. The molecular formula is C20H28FNO. The largest absolute Gasteiger partial charge is 0.342 e. The van der Waals surface area contributed by atoms with Crippen LogP contribution >= 0.6 is 0 Å². The number of benzene rings is 1. The Hall–Kier alpha value is -1.38. The molecule has 1 aliphatic carbocycles. The fourth-order valence-corrected chi connectivity index (χ4v) is 4.16. The normalized spacial score (nSPS) is 23.0. The molecule has 1 heterocycles. The first-order valence-corrected chi connectivity index (χ1v) is 9.25. The number of rotatable bonds is 4. The van der Waals surface area contributed by atoms with Gasteiger partial charge in [0.2, 0.25) is 5.91 Å². The van der Waals surface area contributed by atoms with Crippen LogP contribution < -0.4 is 0 Å². The van der Waals surface area contributed by atoms with Crippen molar-refractivity contribution in [1.29, 1.82) is 0 Å². The predicted octanol–water partition coefficient (Wildman–Crippen LogP) is 4.89. The van der Waals surface area contributed by atoms with Gasteiger partial charge < -0.3 is 4.90 Å². The van der Waals surface area contributed by atoms with E-state index >= 15 is 0 Å². The second-order valence-corrected chi connectivity index (χ2v) is 7.27. The van der Waals surface area contributed by atoms with Crippen LogP contribution in [0.3, 0.4) is 0 Å². The van der Waals surface area contributed by atoms with Gasteiger partial charge in [-0.3, -0.25) is 4.79 Å². The summed E-state index contributed by atoms with van der Waals surface area (Å²) < 4.78 is 13.1. The van der Waals surface area contributed by atoms with Gasteiger partial charge in [-0.25, -0.2) is 4.39 Å². The highest BCUT2D eigenvalue weighted by Crippen LogP contribution is 2.30. The molecule has 2 nitrogen and oxygen atoms in total. The van der Waals surface area contributed by atoms with Crippen LogP contribution in [-0.4, -0.2) is 23.9 Å². The summed E-state index contributed by atoms with van der Waals surface area (Å²) in [6, 6.07) is 6.83. The maximum Gasteiger partial charge on any atom is 0.222 e. The molecule has 2 fully saturated rings. The molecule has 0 spiro atoms. The molecule has 1 atom stereocenters. The lowest BCUT2D eigenvalue weighted by Crippen LogP contribution is -2.34. The molecule has 1 saturated heterocycles. The second kappa shape index (κ2) is 7.94. The summed E-state index contributed by atoms with van der Waals surface area (Å²) in [7, 11) is 0. The van der Waals surface area contributed by atoms with Crippen molar-refractivity contribution < 1.29 is 9.18 Å². The van der Waals surface area contributed by atoms with Crippen molar-refractivity contribution in [1.82, 2.24) is 4.90 Å². The third-order valence-electron chi connectivity index (χ3n) is 5.61. The monoisotopic (exact) mass is 317 g/mol. The van der Waals surface area contributed by atoms with Gasteiger partial charge in [-0.05, 0) is 42.9 Å². The van der Waals surface area contributed by atoms with Gasteiger partial charge in [0.1, 0.15) is 5.82 Å². The molecule has 23 heavy (non-hydrogen) atoms. The zero-order valence-corrected chi connectivity index (χ0v) is 14.0. The highest BCUT2D eigenvalue weighted by atomic mass is 19.1.